The molecule has 3 fully saturated rings. The first kappa shape index (κ1) is 20.1. The standard InChI is InChI=1S/C22H33N5O2/c1-14-16(7-8-19(24)26-14)13-25-21(29)22-12-17(22)9-10-27(22)20(28)18(23)11-15-5-3-2-4-6-15/h7-8,15,17-18H,2-6,9-13,23H2,1H3,(H2,24,26)(H,25,29)/t17-,18-,22+/m1/s1. The number of hydrogen-bond donors (Lipinski definition) is 3. The molecule has 1 aromatic rings. The van der Waals surface area contributed by atoms with Gasteiger partial charge in [-0.25, -0.2) is 4.98 Å². The molecule has 5 N–H and O–H groups in total. The average molecular weight is 400 g/mol. The molecule has 7 heteroatoms. The van der Waals surface area contributed by atoms with Crippen LogP contribution in [0.15, 0.2) is 12.1 Å². The number of piperidine rings is 1. The van der Waals surface area contributed by atoms with E-state index in [9.17, 15) is 9.59 Å². The van der Waals surface area contributed by atoms with Crippen LogP contribution >= 0.6 is 0 Å². The molecule has 0 bridgehead atoms. The fraction of sp³-hybridized carbons (Fsp3) is 0.682. The van der Waals surface area contributed by atoms with Crippen molar-refractivity contribution >= 4 is 17.6 Å². The average Bonchev–Trinajstić information content (AvgIpc) is 3.33. The zero-order valence-electron chi connectivity index (χ0n) is 17.3. The first-order chi connectivity index (χ1) is 13.9. The Kier molecular flexibility index (Phi) is 5.51. The number of nitrogens with two attached hydrogens (primary N) is 2. The summed E-state index contributed by atoms with van der Waals surface area (Å²) in [6, 6.07) is 3.13. The lowest BCUT2D eigenvalue weighted by atomic mass is 9.84. The van der Waals surface area contributed by atoms with Gasteiger partial charge in [-0.3, -0.25) is 9.59 Å². The molecule has 3 atom stereocenters. The highest BCUT2D eigenvalue weighted by atomic mass is 16.2. The van der Waals surface area contributed by atoms with E-state index in [1.54, 1.807) is 11.0 Å². The Morgan fingerprint density at radius 1 is 1.28 bits per heavy atom. The van der Waals surface area contributed by atoms with Crippen molar-refractivity contribution in [2.75, 3.05) is 12.3 Å². The lowest BCUT2D eigenvalue weighted by Gasteiger charge is -2.31. The van der Waals surface area contributed by atoms with Gasteiger partial charge in [-0.1, -0.05) is 38.2 Å². The van der Waals surface area contributed by atoms with Crippen LogP contribution in [0.25, 0.3) is 0 Å². The summed E-state index contributed by atoms with van der Waals surface area (Å²) in [6.07, 6.45) is 8.49. The molecular formula is C22H33N5O2. The number of anilines is 1. The summed E-state index contributed by atoms with van der Waals surface area (Å²) in [5.41, 5.74) is 13.1. The number of amides is 2. The van der Waals surface area contributed by atoms with Gasteiger partial charge >= 0.3 is 0 Å². The van der Waals surface area contributed by atoms with Crippen LogP contribution in [-0.2, 0) is 16.1 Å². The van der Waals surface area contributed by atoms with E-state index in [-0.39, 0.29) is 17.7 Å². The molecule has 1 aromatic heterocycles. The Morgan fingerprint density at radius 2 is 2.03 bits per heavy atom. The highest BCUT2D eigenvalue weighted by Crippen LogP contribution is 2.56. The minimum absolute atomic E-state index is 0.0453. The molecule has 1 saturated heterocycles. The normalized spacial score (nSPS) is 27.4. The van der Waals surface area contributed by atoms with Crippen LogP contribution in [0.5, 0.6) is 0 Å². The SMILES string of the molecule is Cc1nc(N)ccc1CNC(=O)[C@]12C[C@H]1CCN2C(=O)[C@H](N)CC1CCCCC1. The highest BCUT2D eigenvalue weighted by molar-refractivity contribution is 5.96. The molecule has 2 amide bonds. The van der Waals surface area contributed by atoms with Crippen molar-refractivity contribution in [3.05, 3.63) is 23.4 Å². The third-order valence-electron chi connectivity index (χ3n) is 7.20. The van der Waals surface area contributed by atoms with E-state index in [0.717, 1.165) is 30.5 Å². The van der Waals surface area contributed by atoms with Crippen molar-refractivity contribution in [2.45, 2.75) is 76.4 Å². The molecule has 7 nitrogen and oxygen atoms in total. The predicted octanol–water partition coefficient (Wildman–Crippen LogP) is 1.88. The number of hydrogen-bond acceptors (Lipinski definition) is 5. The molecule has 3 aliphatic rings. The van der Waals surface area contributed by atoms with Crippen molar-refractivity contribution < 1.29 is 9.59 Å². The number of nitrogens with one attached hydrogen (secondary N) is 1. The van der Waals surface area contributed by atoms with E-state index in [4.69, 9.17) is 11.5 Å². The molecule has 2 heterocycles. The number of nitrogens with zero attached hydrogens (tertiary/aromatic N) is 2. The zero-order valence-corrected chi connectivity index (χ0v) is 17.3. The third-order valence-corrected chi connectivity index (χ3v) is 7.20. The van der Waals surface area contributed by atoms with Gasteiger partial charge in [0, 0.05) is 18.8 Å². The predicted molar refractivity (Wildman–Crippen MR) is 112 cm³/mol. The Hall–Kier alpha value is -2.15. The number of nitrogen functional groups attached to an aromatic ring is 1. The van der Waals surface area contributed by atoms with E-state index >= 15 is 0 Å². The molecule has 1 aliphatic heterocycles. The van der Waals surface area contributed by atoms with Crippen LogP contribution in [-0.4, -0.2) is 39.8 Å². The number of likely N-dealkylation sites (tertiary alicyclic amines) is 1. The van der Waals surface area contributed by atoms with Crippen molar-refractivity contribution in [3.8, 4) is 0 Å². The van der Waals surface area contributed by atoms with Crippen LogP contribution in [0.4, 0.5) is 5.82 Å². The van der Waals surface area contributed by atoms with Gasteiger partial charge in [-0.2, -0.15) is 0 Å². The van der Waals surface area contributed by atoms with Gasteiger partial charge in [-0.15, -0.1) is 0 Å². The zero-order chi connectivity index (χ0) is 20.6. The van der Waals surface area contributed by atoms with Crippen LogP contribution in [0.3, 0.4) is 0 Å². The number of carbonyl (C=O) groups excluding carboxylic acids is 2. The molecule has 2 aliphatic carbocycles. The second kappa shape index (κ2) is 7.94. The molecule has 4 rings (SSSR count). The Balaban J connectivity index is 1.38. The summed E-state index contributed by atoms with van der Waals surface area (Å²) in [5.74, 6) is 1.17. The van der Waals surface area contributed by atoms with Gasteiger partial charge in [0.25, 0.3) is 0 Å². The first-order valence-electron chi connectivity index (χ1n) is 11.0. The molecule has 2 saturated carbocycles. The van der Waals surface area contributed by atoms with E-state index in [0.29, 0.717) is 24.8 Å². The van der Waals surface area contributed by atoms with Crippen LogP contribution in [0, 0.1) is 18.8 Å². The molecule has 0 unspecified atom stereocenters. The van der Waals surface area contributed by atoms with Gasteiger partial charge in [0.2, 0.25) is 11.8 Å². The molecular weight excluding hydrogens is 366 g/mol. The smallest absolute Gasteiger partial charge is 0.246 e. The summed E-state index contributed by atoms with van der Waals surface area (Å²) in [7, 11) is 0. The van der Waals surface area contributed by atoms with Crippen molar-refractivity contribution in [3.63, 3.8) is 0 Å². The Morgan fingerprint density at radius 3 is 2.72 bits per heavy atom. The Bertz CT molecular complexity index is 791. The highest BCUT2D eigenvalue weighted by Gasteiger charge is 2.68. The largest absolute Gasteiger partial charge is 0.384 e. The summed E-state index contributed by atoms with van der Waals surface area (Å²) in [4.78, 5) is 32.3. The van der Waals surface area contributed by atoms with Crippen LogP contribution in [0.2, 0.25) is 0 Å². The lowest BCUT2D eigenvalue weighted by Crippen LogP contribution is -2.54. The number of rotatable bonds is 6. The third kappa shape index (κ3) is 3.84. The fourth-order valence-corrected chi connectivity index (χ4v) is 5.39. The fourth-order valence-electron chi connectivity index (χ4n) is 5.39. The molecule has 0 radical (unpaired) electrons. The van der Waals surface area contributed by atoms with Crippen molar-refractivity contribution in [1.29, 1.82) is 0 Å². The molecule has 29 heavy (non-hydrogen) atoms. The minimum Gasteiger partial charge on any atom is -0.384 e. The summed E-state index contributed by atoms with van der Waals surface area (Å²) in [6.45, 7) is 2.91. The quantitative estimate of drug-likeness (QED) is 0.676. The molecule has 0 aromatic carbocycles. The number of aromatic nitrogens is 1. The second-order valence-electron chi connectivity index (χ2n) is 9.11. The monoisotopic (exact) mass is 399 g/mol. The van der Waals surface area contributed by atoms with Gasteiger partial charge in [-0.05, 0) is 49.7 Å². The maximum atomic E-state index is 13.1. The van der Waals surface area contributed by atoms with E-state index in [1.807, 2.05) is 13.0 Å². The summed E-state index contributed by atoms with van der Waals surface area (Å²) in [5, 5.41) is 3.03. The summed E-state index contributed by atoms with van der Waals surface area (Å²) < 4.78 is 0. The van der Waals surface area contributed by atoms with Gasteiger partial charge < -0.3 is 21.7 Å². The first-order valence-corrected chi connectivity index (χ1v) is 11.0. The Labute approximate surface area is 172 Å². The number of aryl methyl sites for hydroxylation is 1. The van der Waals surface area contributed by atoms with Crippen LogP contribution < -0.4 is 16.8 Å². The molecule has 158 valence electrons. The van der Waals surface area contributed by atoms with Gasteiger partial charge in [0.1, 0.15) is 11.4 Å². The summed E-state index contributed by atoms with van der Waals surface area (Å²) >= 11 is 0. The maximum Gasteiger partial charge on any atom is 0.246 e. The number of fused-ring (bicyclic) bond motifs is 1. The van der Waals surface area contributed by atoms with E-state index < -0.39 is 11.6 Å². The van der Waals surface area contributed by atoms with Crippen molar-refractivity contribution in [1.82, 2.24) is 15.2 Å². The van der Waals surface area contributed by atoms with E-state index in [2.05, 4.69) is 10.3 Å². The lowest BCUT2D eigenvalue weighted by molar-refractivity contribution is -0.142. The van der Waals surface area contributed by atoms with Gasteiger partial charge in [0.05, 0.1) is 6.04 Å². The number of pyridine rings is 1. The minimum atomic E-state index is -0.684. The van der Waals surface area contributed by atoms with Crippen LogP contribution in [0.1, 0.15) is 62.6 Å². The second-order valence-corrected chi connectivity index (χ2v) is 9.11. The van der Waals surface area contributed by atoms with E-state index in [1.165, 1.54) is 32.1 Å². The van der Waals surface area contributed by atoms with Crippen molar-refractivity contribution in [2.24, 2.45) is 17.6 Å². The molecule has 0 spiro atoms. The maximum absolute atomic E-state index is 13.1. The van der Waals surface area contributed by atoms with Gasteiger partial charge in [0.15, 0.2) is 0 Å². The topological polar surface area (TPSA) is 114 Å². The number of carbonyl (C=O) groups is 2.